The molecule has 6 aliphatic rings. The van der Waals surface area contributed by atoms with Crippen molar-refractivity contribution in [3.8, 4) is 22.3 Å². The van der Waals surface area contributed by atoms with Crippen molar-refractivity contribution in [2.24, 2.45) is 0 Å². The van der Waals surface area contributed by atoms with Gasteiger partial charge < -0.3 is 0 Å². The van der Waals surface area contributed by atoms with E-state index in [0.717, 1.165) is 55.9 Å². The molecule has 0 amide bonds. The predicted octanol–water partition coefficient (Wildman–Crippen LogP) is 17.3. The molecule has 0 saturated heterocycles. The summed E-state index contributed by atoms with van der Waals surface area (Å²) in [6.07, 6.45) is 0. The van der Waals surface area contributed by atoms with Crippen LogP contribution in [-0.2, 0) is 35.3 Å². The standard InChI is InChI=1S/C78H60N10.2Pt/c1-53-54(2)78(88(64-32-24-30-62(46-64)84-50-80(6)70-34-16-20-38-74(70)84)68-44-60(58-27-13-10-14-28-58)42-66(48-68)86-52-82(8)72-36-18-22-40-76(72)86)56(4)55(3)77(53)87(63-31-23-29-61(45-63)83-49-79(5)69-33-15-19-37-73(69)83)67-43-59(57-25-11-9-12-26-57)41-65(47-67)85-51-81(7)71-35-17-21-39-75(71)85;;/h9-44H,1-8H3;;/q-4;;/i5D3,6D3,7D3,8D3;;. The topological polar surface area (TPSA) is 32.4 Å². The molecule has 17 rings (SSSR count). The molecule has 11 aromatic rings. The number of fused-ring (bicyclic) bond motifs is 24. The molecular weight excluding hydrogens is 1470 g/mol. The summed E-state index contributed by atoms with van der Waals surface area (Å²) in [6, 6.07) is 85.2. The molecule has 0 fully saturated rings. The number of benzene rings is 11. The minimum absolute atomic E-state index is 0.401. The van der Waals surface area contributed by atoms with Gasteiger partial charge >= 0.3 is 562 Å². The van der Waals surface area contributed by atoms with Gasteiger partial charge in [-0.3, -0.25) is 0 Å². The van der Waals surface area contributed by atoms with Crippen LogP contribution < -0.4 is 49.0 Å². The number of hydrogen-bond donors (Lipinski definition) is 0. The normalized spacial score (nSPS) is 17.9. The van der Waals surface area contributed by atoms with Crippen molar-refractivity contribution in [1.82, 2.24) is 0 Å². The van der Waals surface area contributed by atoms with E-state index >= 15 is 0 Å². The van der Waals surface area contributed by atoms with Gasteiger partial charge in [-0.2, -0.15) is 0 Å². The SMILES string of the molecule is [2H]C([2H])([2H])N1[C]2=[Pt]=[C]3N(c4[c-]c(cc(-c5ccccc5)c4)N(c4c(C)c(C)c(N5c6[c-]c(ccc6)N6[C](=[Pt]=[C]7N(c8[c-]c5cc(-c5ccccc5)c8)c5ccccc5N7C([2H])([2H])[2H])N(C([2H])([2H])[2H])c5ccccc56)c(C)c4C)c4[c-]c(ccc4)N2c2ccccc21)c1ccccc1N3C([2H])([2H])[2H]. The van der Waals surface area contributed by atoms with E-state index in [-0.39, 0.29) is 0 Å². The maximum absolute atomic E-state index is 9.32. The van der Waals surface area contributed by atoms with Gasteiger partial charge in [-0.25, -0.2) is 0 Å². The van der Waals surface area contributed by atoms with Gasteiger partial charge in [-0.05, 0) is 0 Å². The van der Waals surface area contributed by atoms with Gasteiger partial charge in [-0.15, -0.1) is 0 Å². The third-order valence-corrected chi connectivity index (χ3v) is 23.5. The Balaban J connectivity index is 0.959. The molecule has 8 bridgehead atoms. The molecule has 11 aromatic carbocycles. The first-order chi connectivity index (χ1) is 48.8. The van der Waals surface area contributed by atoms with E-state index in [9.17, 15) is 16.4 Å². The summed E-state index contributed by atoms with van der Waals surface area (Å²) in [6.45, 7) is -2.45. The van der Waals surface area contributed by atoms with Crippen LogP contribution in [0, 0.1) is 52.0 Å². The Labute approximate surface area is 559 Å². The fourth-order valence-corrected chi connectivity index (χ4v) is 19.3. The van der Waals surface area contributed by atoms with Crippen LogP contribution in [0.5, 0.6) is 0 Å². The summed E-state index contributed by atoms with van der Waals surface area (Å²) in [7, 11) is 0. The van der Waals surface area contributed by atoms with Crippen LogP contribution >= 0.6 is 0 Å². The van der Waals surface area contributed by atoms with E-state index in [4.69, 9.17) is 0 Å². The van der Waals surface area contributed by atoms with E-state index in [1.165, 1.54) is 19.6 Å². The fraction of sp³-hybridized carbons (Fsp3) is 0.103. The summed E-state index contributed by atoms with van der Waals surface area (Å²) in [4.78, 5) is 17.7. The van der Waals surface area contributed by atoms with Crippen molar-refractivity contribution in [3.63, 3.8) is 0 Å². The zero-order valence-corrected chi connectivity index (χ0v) is 53.4. The molecule has 0 saturated carbocycles. The van der Waals surface area contributed by atoms with Gasteiger partial charge in [0.05, 0.1) is 0 Å². The first-order valence-corrected chi connectivity index (χ1v) is 33.8. The zero-order chi connectivity index (χ0) is 70.8. The molecule has 446 valence electrons. The van der Waals surface area contributed by atoms with E-state index in [1.807, 2.05) is 202 Å². The predicted molar refractivity (Wildman–Crippen MR) is 369 cm³/mol. The third-order valence-electron chi connectivity index (χ3n) is 17.4. The molecule has 0 aliphatic carbocycles. The summed E-state index contributed by atoms with van der Waals surface area (Å²) in [5.74, 6) is 0. The molecular formula is C78H60N10Pt2-4. The molecule has 0 unspecified atom stereocenters. The Morgan fingerprint density at radius 2 is 0.500 bits per heavy atom. The van der Waals surface area contributed by atoms with Crippen LogP contribution in [0.1, 0.15) is 38.7 Å². The van der Waals surface area contributed by atoms with E-state index in [1.54, 1.807) is 24.3 Å². The third kappa shape index (κ3) is 8.23. The summed E-state index contributed by atoms with van der Waals surface area (Å²) in [5, 5.41) is 0. The van der Waals surface area contributed by atoms with Crippen molar-refractivity contribution < 1.29 is 51.7 Å². The molecule has 0 N–H and O–H groups in total. The molecule has 6 heterocycles. The number of nitrogens with zero attached hydrogens (tertiary/aromatic N) is 10. The van der Waals surface area contributed by atoms with Gasteiger partial charge in [0.15, 0.2) is 0 Å². The second-order valence-electron chi connectivity index (χ2n) is 22.5. The van der Waals surface area contributed by atoms with Crippen LogP contribution in [0.25, 0.3) is 22.3 Å². The van der Waals surface area contributed by atoms with E-state index in [0.29, 0.717) is 108 Å². The van der Waals surface area contributed by atoms with Gasteiger partial charge in [-0.1, -0.05) is 0 Å². The van der Waals surface area contributed by atoms with Crippen LogP contribution in [0.2, 0.25) is 0 Å². The Morgan fingerprint density at radius 1 is 0.256 bits per heavy atom. The van der Waals surface area contributed by atoms with E-state index < -0.39 is 63.2 Å². The minimum atomic E-state index is -2.72. The summed E-state index contributed by atoms with van der Waals surface area (Å²) in [5.41, 5.74) is 17.1. The van der Waals surface area contributed by atoms with E-state index in [2.05, 4.69) is 73.9 Å². The second-order valence-corrected chi connectivity index (χ2v) is 27.7. The van der Waals surface area contributed by atoms with Crippen LogP contribution in [-0.4, -0.2) is 44.5 Å². The quantitative estimate of drug-likeness (QED) is 0.159. The average Bonchev–Trinajstić information content (AvgIpc) is 1.51. The second kappa shape index (κ2) is 20.9. The molecule has 0 aromatic heterocycles. The van der Waals surface area contributed by atoms with Crippen molar-refractivity contribution in [2.45, 2.75) is 27.7 Å². The molecule has 0 radical (unpaired) electrons. The number of hydrogen-bond acceptors (Lipinski definition) is 10. The Kier molecular flexibility index (Phi) is 10.0. The maximum atomic E-state index is 9.32. The first-order valence-electron chi connectivity index (χ1n) is 35.3. The van der Waals surface area contributed by atoms with Crippen molar-refractivity contribution in [1.29, 1.82) is 0 Å². The average molecular weight is 1540 g/mol. The van der Waals surface area contributed by atoms with Crippen molar-refractivity contribution in [3.05, 3.63) is 265 Å². The molecule has 0 spiro atoms. The summed E-state index contributed by atoms with van der Waals surface area (Å²) < 4.78 is 113. The zero-order valence-electron chi connectivity index (χ0n) is 60.9. The van der Waals surface area contributed by atoms with Crippen molar-refractivity contribution >= 4 is 119 Å². The number of anilines is 18. The Hall–Kier alpha value is -9.72. The molecule has 12 heteroatoms. The van der Waals surface area contributed by atoms with Crippen LogP contribution in [0.15, 0.2) is 218 Å². The van der Waals surface area contributed by atoms with Crippen LogP contribution in [0.4, 0.5) is 102 Å². The fourth-order valence-electron chi connectivity index (χ4n) is 13.1. The molecule has 10 nitrogen and oxygen atoms in total. The Bertz CT molecular complexity index is 5130. The van der Waals surface area contributed by atoms with Crippen molar-refractivity contribution in [2.75, 3.05) is 76.9 Å². The van der Waals surface area contributed by atoms with Gasteiger partial charge in [0.2, 0.25) is 0 Å². The summed E-state index contributed by atoms with van der Waals surface area (Å²) >= 11 is -3.57. The van der Waals surface area contributed by atoms with Gasteiger partial charge in [0, 0.05) is 0 Å². The van der Waals surface area contributed by atoms with Gasteiger partial charge in [0.1, 0.15) is 0 Å². The van der Waals surface area contributed by atoms with Gasteiger partial charge in [0.25, 0.3) is 0 Å². The first kappa shape index (κ1) is 43.0. The number of rotatable bonds is 4. The molecule has 90 heavy (non-hydrogen) atoms. The molecule has 0 atom stereocenters. The monoisotopic (exact) mass is 1540 g/mol. The number of para-hydroxylation sites is 8. The molecule has 6 aliphatic heterocycles. The van der Waals surface area contributed by atoms with Crippen LogP contribution in [0.3, 0.4) is 0 Å². The Morgan fingerprint density at radius 3 is 0.800 bits per heavy atom.